The highest BCUT2D eigenvalue weighted by molar-refractivity contribution is 7.98. The van der Waals surface area contributed by atoms with Crippen LogP contribution >= 0.6 is 23.4 Å². The van der Waals surface area contributed by atoms with Crippen LogP contribution in [0.1, 0.15) is 12.8 Å². The van der Waals surface area contributed by atoms with Crippen molar-refractivity contribution in [3.05, 3.63) is 11.2 Å². The fraction of sp³-hybridized carbons (Fsp3) is 0.600. The van der Waals surface area contributed by atoms with Gasteiger partial charge in [-0.25, -0.2) is 18.4 Å². The maximum atomic E-state index is 11.5. The molecule has 1 aromatic rings. The number of sulfone groups is 1. The molecular formula is C10H14ClN3O2S2. The SMILES string of the molecule is CSc1nc(Cl)cc(NC2CCCS(=O)(=O)C2)n1. The molecule has 0 aromatic carbocycles. The number of aromatic nitrogens is 2. The monoisotopic (exact) mass is 307 g/mol. The smallest absolute Gasteiger partial charge is 0.190 e. The first-order valence-corrected chi connectivity index (χ1v) is 8.96. The van der Waals surface area contributed by atoms with E-state index in [1.54, 1.807) is 6.07 Å². The second kappa shape index (κ2) is 5.63. The molecule has 100 valence electrons. The lowest BCUT2D eigenvalue weighted by Gasteiger charge is -2.23. The van der Waals surface area contributed by atoms with E-state index in [0.717, 1.165) is 6.42 Å². The molecule has 0 spiro atoms. The number of nitrogens with one attached hydrogen (secondary N) is 1. The van der Waals surface area contributed by atoms with Crippen molar-refractivity contribution in [2.45, 2.75) is 24.0 Å². The molecule has 0 saturated carbocycles. The van der Waals surface area contributed by atoms with E-state index in [1.165, 1.54) is 11.8 Å². The number of rotatable bonds is 3. The third-order valence-electron chi connectivity index (χ3n) is 2.67. The Morgan fingerprint density at radius 2 is 2.28 bits per heavy atom. The molecule has 1 atom stereocenters. The molecule has 0 radical (unpaired) electrons. The van der Waals surface area contributed by atoms with Gasteiger partial charge in [0.05, 0.1) is 11.5 Å². The zero-order chi connectivity index (χ0) is 13.2. The molecule has 1 saturated heterocycles. The zero-order valence-electron chi connectivity index (χ0n) is 9.89. The summed E-state index contributed by atoms with van der Waals surface area (Å²) in [6.45, 7) is 0. The van der Waals surface area contributed by atoms with Crippen LogP contribution in [0.4, 0.5) is 5.82 Å². The van der Waals surface area contributed by atoms with Gasteiger partial charge in [-0.1, -0.05) is 23.4 Å². The molecule has 0 bridgehead atoms. The summed E-state index contributed by atoms with van der Waals surface area (Å²) in [5.74, 6) is 1.02. The Morgan fingerprint density at radius 3 is 2.94 bits per heavy atom. The lowest BCUT2D eigenvalue weighted by Crippen LogP contribution is -2.35. The third kappa shape index (κ3) is 3.73. The van der Waals surface area contributed by atoms with Crippen LogP contribution in [0.2, 0.25) is 5.15 Å². The van der Waals surface area contributed by atoms with Crippen LogP contribution in [-0.4, -0.2) is 42.2 Å². The Labute approximate surface area is 116 Å². The number of hydrogen-bond donors (Lipinski definition) is 1. The Kier molecular flexibility index (Phi) is 4.34. The maximum absolute atomic E-state index is 11.5. The number of nitrogens with zero attached hydrogens (tertiary/aromatic N) is 2. The summed E-state index contributed by atoms with van der Waals surface area (Å²) in [5, 5.41) is 4.05. The van der Waals surface area contributed by atoms with Crippen LogP contribution in [0.5, 0.6) is 0 Å². The normalized spacial score (nSPS) is 22.7. The predicted molar refractivity (Wildman–Crippen MR) is 74.1 cm³/mol. The molecule has 0 aliphatic carbocycles. The maximum Gasteiger partial charge on any atom is 0.190 e. The summed E-state index contributed by atoms with van der Waals surface area (Å²) in [5.41, 5.74) is 0. The molecule has 8 heteroatoms. The van der Waals surface area contributed by atoms with Crippen LogP contribution in [0.15, 0.2) is 11.2 Å². The van der Waals surface area contributed by atoms with Crippen molar-refractivity contribution in [2.75, 3.05) is 23.1 Å². The molecule has 1 aliphatic heterocycles. The summed E-state index contributed by atoms with van der Waals surface area (Å²) >= 11 is 7.27. The molecule has 1 aliphatic rings. The van der Waals surface area contributed by atoms with E-state index in [2.05, 4.69) is 15.3 Å². The number of halogens is 1. The van der Waals surface area contributed by atoms with Gasteiger partial charge in [0.2, 0.25) is 0 Å². The van der Waals surface area contributed by atoms with Crippen molar-refractivity contribution in [3.63, 3.8) is 0 Å². The molecular weight excluding hydrogens is 294 g/mol. The van der Waals surface area contributed by atoms with Gasteiger partial charge in [0.15, 0.2) is 15.0 Å². The first-order chi connectivity index (χ1) is 8.48. The van der Waals surface area contributed by atoms with E-state index in [9.17, 15) is 8.42 Å². The van der Waals surface area contributed by atoms with Crippen LogP contribution < -0.4 is 5.32 Å². The predicted octanol–water partition coefficient (Wildman–Crippen LogP) is 1.84. The van der Waals surface area contributed by atoms with Gasteiger partial charge in [0, 0.05) is 12.1 Å². The van der Waals surface area contributed by atoms with Gasteiger partial charge in [-0.05, 0) is 19.1 Å². The average molecular weight is 308 g/mol. The van der Waals surface area contributed by atoms with Gasteiger partial charge in [0.1, 0.15) is 11.0 Å². The summed E-state index contributed by atoms with van der Waals surface area (Å²) in [4.78, 5) is 8.29. The summed E-state index contributed by atoms with van der Waals surface area (Å²) in [7, 11) is -2.92. The highest BCUT2D eigenvalue weighted by atomic mass is 35.5. The van der Waals surface area contributed by atoms with Gasteiger partial charge < -0.3 is 5.32 Å². The van der Waals surface area contributed by atoms with E-state index in [0.29, 0.717) is 22.5 Å². The van der Waals surface area contributed by atoms with Gasteiger partial charge in [-0.3, -0.25) is 0 Å². The van der Waals surface area contributed by atoms with E-state index in [1.807, 2.05) is 6.26 Å². The quantitative estimate of drug-likeness (QED) is 0.522. The highest BCUT2D eigenvalue weighted by Gasteiger charge is 2.24. The molecule has 1 N–H and O–H groups in total. The van der Waals surface area contributed by atoms with E-state index in [4.69, 9.17) is 11.6 Å². The molecule has 18 heavy (non-hydrogen) atoms. The molecule has 1 aromatic heterocycles. The van der Waals surface area contributed by atoms with Gasteiger partial charge in [-0.2, -0.15) is 0 Å². The van der Waals surface area contributed by atoms with Crippen LogP contribution in [0.3, 0.4) is 0 Å². The Balaban J connectivity index is 2.11. The highest BCUT2D eigenvalue weighted by Crippen LogP contribution is 2.20. The standard InChI is InChI=1S/C10H14ClN3O2S2/c1-17-10-13-8(11)5-9(14-10)12-7-3-2-4-18(15,16)6-7/h5,7H,2-4,6H2,1H3,(H,12,13,14). The van der Waals surface area contributed by atoms with Crippen molar-refractivity contribution >= 4 is 39.0 Å². The minimum atomic E-state index is -2.92. The van der Waals surface area contributed by atoms with E-state index < -0.39 is 9.84 Å². The third-order valence-corrected chi connectivity index (χ3v) is 5.23. The minimum absolute atomic E-state index is 0.0931. The number of anilines is 1. The molecule has 1 unspecified atom stereocenters. The Morgan fingerprint density at radius 1 is 1.50 bits per heavy atom. The van der Waals surface area contributed by atoms with E-state index in [-0.39, 0.29) is 17.5 Å². The van der Waals surface area contributed by atoms with Crippen molar-refractivity contribution in [1.82, 2.24) is 9.97 Å². The summed E-state index contributed by atoms with van der Waals surface area (Å²) < 4.78 is 23.1. The average Bonchev–Trinajstić information content (AvgIpc) is 2.26. The van der Waals surface area contributed by atoms with Crippen molar-refractivity contribution in [2.24, 2.45) is 0 Å². The lowest BCUT2D eigenvalue weighted by molar-refractivity contribution is 0.561. The Hall–Kier alpha value is -0.530. The van der Waals surface area contributed by atoms with E-state index >= 15 is 0 Å². The molecule has 1 fully saturated rings. The molecule has 2 heterocycles. The summed E-state index contributed by atoms with van der Waals surface area (Å²) in [6, 6.07) is 1.52. The van der Waals surface area contributed by atoms with Crippen molar-refractivity contribution in [3.8, 4) is 0 Å². The van der Waals surface area contributed by atoms with Crippen LogP contribution in [-0.2, 0) is 9.84 Å². The molecule has 0 amide bonds. The largest absolute Gasteiger partial charge is 0.366 e. The van der Waals surface area contributed by atoms with Gasteiger partial charge >= 0.3 is 0 Å². The fourth-order valence-electron chi connectivity index (χ4n) is 1.91. The molecule has 5 nitrogen and oxygen atoms in total. The topological polar surface area (TPSA) is 72.0 Å². The summed E-state index contributed by atoms with van der Waals surface area (Å²) in [6.07, 6.45) is 3.38. The second-order valence-corrected chi connectivity index (χ2v) is 7.55. The number of hydrogen-bond acceptors (Lipinski definition) is 6. The Bertz CT molecular complexity index is 536. The lowest BCUT2D eigenvalue weighted by atomic mass is 10.2. The first-order valence-electron chi connectivity index (χ1n) is 5.54. The van der Waals surface area contributed by atoms with Crippen molar-refractivity contribution in [1.29, 1.82) is 0 Å². The fourth-order valence-corrected chi connectivity index (χ4v) is 4.16. The van der Waals surface area contributed by atoms with Crippen LogP contribution in [0.25, 0.3) is 0 Å². The van der Waals surface area contributed by atoms with Gasteiger partial charge in [-0.15, -0.1) is 0 Å². The van der Waals surface area contributed by atoms with Crippen LogP contribution in [0, 0.1) is 0 Å². The van der Waals surface area contributed by atoms with Crippen molar-refractivity contribution < 1.29 is 8.42 Å². The number of thioether (sulfide) groups is 1. The first kappa shape index (κ1) is 13.9. The zero-order valence-corrected chi connectivity index (χ0v) is 12.3. The minimum Gasteiger partial charge on any atom is -0.366 e. The molecule has 2 rings (SSSR count). The second-order valence-electron chi connectivity index (χ2n) is 4.16. The van der Waals surface area contributed by atoms with Gasteiger partial charge in [0.25, 0.3) is 0 Å².